The van der Waals surface area contributed by atoms with Gasteiger partial charge in [-0.05, 0) is 23.8 Å². The molecule has 5 atom stereocenters. The van der Waals surface area contributed by atoms with E-state index in [0.29, 0.717) is 31.4 Å². The van der Waals surface area contributed by atoms with Crippen molar-refractivity contribution in [2.24, 2.45) is 17.8 Å². The Morgan fingerprint density at radius 3 is 2.58 bits per heavy atom. The van der Waals surface area contributed by atoms with Crippen LogP contribution in [0.2, 0.25) is 0 Å². The third-order valence-corrected chi connectivity index (χ3v) is 5.25. The molecule has 2 rings (SSSR count). The lowest BCUT2D eigenvalue weighted by Gasteiger charge is -2.42. The molecule has 1 heterocycles. The molecule has 1 aromatic carbocycles. The minimum absolute atomic E-state index is 0.00684. The van der Waals surface area contributed by atoms with Gasteiger partial charge < -0.3 is 24.6 Å². The molecule has 1 fully saturated rings. The molecule has 2 unspecified atom stereocenters. The first kappa shape index (κ1) is 20.7. The molecule has 1 aromatic rings. The first-order valence-corrected chi connectivity index (χ1v) is 9.35. The van der Waals surface area contributed by atoms with Crippen molar-refractivity contribution in [3.63, 3.8) is 0 Å². The lowest BCUT2D eigenvalue weighted by Crippen LogP contribution is -2.47. The Hall–Kier alpha value is -1.63. The van der Waals surface area contributed by atoms with Crippen LogP contribution in [0.1, 0.15) is 32.8 Å². The van der Waals surface area contributed by atoms with Crippen molar-refractivity contribution in [1.82, 2.24) is 5.32 Å². The Morgan fingerprint density at radius 2 is 1.88 bits per heavy atom. The molecule has 0 bridgehead atoms. The van der Waals surface area contributed by atoms with Crippen molar-refractivity contribution >= 4 is 6.09 Å². The van der Waals surface area contributed by atoms with Gasteiger partial charge in [0.1, 0.15) is 6.61 Å². The number of nitrogens with one attached hydrogen (secondary N) is 1. The number of rotatable bonds is 8. The highest BCUT2D eigenvalue weighted by Gasteiger charge is 2.39. The third kappa shape index (κ3) is 5.97. The van der Waals surface area contributed by atoms with E-state index in [1.165, 1.54) is 0 Å². The van der Waals surface area contributed by atoms with Gasteiger partial charge in [0.05, 0.1) is 19.3 Å². The first-order valence-electron chi connectivity index (χ1n) is 9.35. The van der Waals surface area contributed by atoms with Gasteiger partial charge in [0.25, 0.3) is 0 Å². The van der Waals surface area contributed by atoms with E-state index >= 15 is 0 Å². The number of hydrogen-bond donors (Lipinski definition) is 2. The van der Waals surface area contributed by atoms with Gasteiger partial charge in [0.2, 0.25) is 0 Å². The predicted octanol–water partition coefficient (Wildman–Crippen LogP) is 2.95. The highest BCUT2D eigenvalue weighted by atomic mass is 16.7. The average Bonchev–Trinajstić information content (AvgIpc) is 2.66. The van der Waals surface area contributed by atoms with Crippen molar-refractivity contribution in [2.75, 3.05) is 19.8 Å². The van der Waals surface area contributed by atoms with Crippen LogP contribution >= 0.6 is 0 Å². The van der Waals surface area contributed by atoms with Gasteiger partial charge in [0, 0.05) is 12.5 Å². The number of ether oxygens (including phenoxy) is 3. The zero-order valence-corrected chi connectivity index (χ0v) is 15.9. The smallest absolute Gasteiger partial charge is 0.407 e. The van der Waals surface area contributed by atoms with E-state index in [2.05, 4.69) is 26.1 Å². The van der Waals surface area contributed by atoms with Crippen LogP contribution in [0.3, 0.4) is 0 Å². The van der Waals surface area contributed by atoms with Crippen molar-refractivity contribution in [1.29, 1.82) is 0 Å². The second-order valence-electron chi connectivity index (χ2n) is 7.02. The van der Waals surface area contributed by atoms with Gasteiger partial charge in [-0.1, -0.05) is 51.1 Å². The Bertz CT molecular complexity index is 536. The standard InChI is InChI=1S/C20H31NO5/c1-14-15(2)18(12-22)26-19(16(14)3)24-11-7-10-21-20(23)25-13-17-8-5-4-6-9-17/h4-6,8-9,14-16,18-19,22H,7,10-13H2,1-3H3,(H,21,23)/t14-,15-,16?,18?,19+/m0/s1. The van der Waals surface area contributed by atoms with Crippen LogP contribution in [0.4, 0.5) is 4.79 Å². The van der Waals surface area contributed by atoms with Gasteiger partial charge in [-0.25, -0.2) is 4.79 Å². The Balaban J connectivity index is 1.60. The molecule has 6 heteroatoms. The van der Waals surface area contributed by atoms with Crippen molar-refractivity contribution in [3.05, 3.63) is 35.9 Å². The molecule has 6 nitrogen and oxygen atoms in total. The number of aliphatic hydroxyl groups is 1. The van der Waals surface area contributed by atoms with E-state index in [1.807, 2.05) is 30.3 Å². The predicted molar refractivity (Wildman–Crippen MR) is 98.4 cm³/mol. The second-order valence-corrected chi connectivity index (χ2v) is 7.02. The maximum Gasteiger partial charge on any atom is 0.407 e. The number of benzene rings is 1. The van der Waals surface area contributed by atoms with Crippen LogP contribution in [0, 0.1) is 17.8 Å². The molecule has 0 aliphatic carbocycles. The highest BCUT2D eigenvalue weighted by Crippen LogP contribution is 2.35. The van der Waals surface area contributed by atoms with E-state index in [4.69, 9.17) is 14.2 Å². The normalized spacial score (nSPS) is 28.5. The molecule has 146 valence electrons. The van der Waals surface area contributed by atoms with Crippen molar-refractivity contribution in [2.45, 2.75) is 46.2 Å². The molecular weight excluding hydrogens is 334 g/mol. The molecule has 1 amide bonds. The summed E-state index contributed by atoms with van der Waals surface area (Å²) in [6.45, 7) is 7.60. The monoisotopic (exact) mass is 365 g/mol. The molecule has 1 aliphatic heterocycles. The zero-order valence-electron chi connectivity index (χ0n) is 15.9. The molecule has 0 spiro atoms. The molecule has 0 aromatic heterocycles. The minimum Gasteiger partial charge on any atom is -0.445 e. The fourth-order valence-electron chi connectivity index (χ4n) is 3.12. The number of amides is 1. The molecule has 2 N–H and O–H groups in total. The van der Waals surface area contributed by atoms with Crippen LogP contribution in [-0.2, 0) is 20.8 Å². The van der Waals surface area contributed by atoms with E-state index < -0.39 is 6.09 Å². The van der Waals surface area contributed by atoms with Crippen molar-refractivity contribution < 1.29 is 24.1 Å². The summed E-state index contributed by atoms with van der Waals surface area (Å²) in [6, 6.07) is 9.56. The fourth-order valence-corrected chi connectivity index (χ4v) is 3.12. The van der Waals surface area contributed by atoms with Gasteiger partial charge in [-0.2, -0.15) is 0 Å². The van der Waals surface area contributed by atoms with Crippen LogP contribution in [0.5, 0.6) is 0 Å². The van der Waals surface area contributed by atoms with E-state index in [0.717, 1.165) is 5.56 Å². The van der Waals surface area contributed by atoms with E-state index in [-0.39, 0.29) is 31.5 Å². The summed E-state index contributed by atoms with van der Waals surface area (Å²) in [5.74, 6) is 0.976. The average molecular weight is 365 g/mol. The summed E-state index contributed by atoms with van der Waals surface area (Å²) in [7, 11) is 0. The van der Waals surface area contributed by atoms with Crippen molar-refractivity contribution in [3.8, 4) is 0 Å². The molecule has 0 radical (unpaired) electrons. The third-order valence-electron chi connectivity index (χ3n) is 5.25. The maximum absolute atomic E-state index is 11.7. The van der Waals surface area contributed by atoms with Gasteiger partial charge in [-0.15, -0.1) is 0 Å². The molecular formula is C20H31NO5. The summed E-state index contributed by atoms with van der Waals surface area (Å²) in [5, 5.41) is 12.2. The number of aliphatic hydroxyl groups excluding tert-OH is 1. The molecule has 26 heavy (non-hydrogen) atoms. The van der Waals surface area contributed by atoms with Gasteiger partial charge in [-0.3, -0.25) is 0 Å². The number of hydrogen-bond acceptors (Lipinski definition) is 5. The fraction of sp³-hybridized carbons (Fsp3) is 0.650. The SMILES string of the molecule is CC1[C@H](OCCCNC(=O)OCc2ccccc2)OC(CO)[C@@H](C)[C@@H]1C. The van der Waals surface area contributed by atoms with E-state index in [9.17, 15) is 9.90 Å². The topological polar surface area (TPSA) is 77.0 Å². The van der Waals surface area contributed by atoms with Gasteiger partial charge in [0.15, 0.2) is 6.29 Å². The number of carbonyl (C=O) groups excluding carboxylic acids is 1. The molecule has 1 aliphatic rings. The second kappa shape index (κ2) is 10.5. The van der Waals surface area contributed by atoms with Crippen LogP contribution in [0.25, 0.3) is 0 Å². The summed E-state index contributed by atoms with van der Waals surface area (Å²) < 4.78 is 16.8. The Kier molecular flexibility index (Phi) is 8.35. The lowest BCUT2D eigenvalue weighted by atomic mass is 9.79. The largest absolute Gasteiger partial charge is 0.445 e. The van der Waals surface area contributed by atoms with Gasteiger partial charge >= 0.3 is 6.09 Å². The summed E-state index contributed by atoms with van der Waals surface area (Å²) in [5.41, 5.74) is 0.955. The summed E-state index contributed by atoms with van der Waals surface area (Å²) in [4.78, 5) is 11.7. The number of alkyl carbamates (subject to hydrolysis) is 1. The quantitative estimate of drug-likeness (QED) is 0.693. The highest BCUT2D eigenvalue weighted by molar-refractivity contribution is 5.67. The first-order chi connectivity index (χ1) is 12.5. The van der Waals surface area contributed by atoms with E-state index in [1.54, 1.807) is 0 Å². The Labute approximate surface area is 155 Å². The zero-order chi connectivity index (χ0) is 18.9. The van der Waals surface area contributed by atoms with Crippen LogP contribution in [0.15, 0.2) is 30.3 Å². The maximum atomic E-state index is 11.7. The Morgan fingerprint density at radius 1 is 1.15 bits per heavy atom. The van der Waals surface area contributed by atoms with Crippen LogP contribution < -0.4 is 5.32 Å². The molecule has 0 saturated carbocycles. The number of carbonyl (C=O) groups is 1. The molecule has 1 saturated heterocycles. The summed E-state index contributed by atoms with van der Waals surface area (Å²) in [6.07, 6.45) is -0.264. The summed E-state index contributed by atoms with van der Waals surface area (Å²) >= 11 is 0. The van der Waals surface area contributed by atoms with Crippen LogP contribution in [-0.4, -0.2) is 43.4 Å². The minimum atomic E-state index is -0.432. The lowest BCUT2D eigenvalue weighted by molar-refractivity contribution is -0.254.